The van der Waals surface area contributed by atoms with E-state index in [4.69, 9.17) is 0 Å². The molecule has 1 aromatic carbocycles. The summed E-state index contributed by atoms with van der Waals surface area (Å²) in [5, 5.41) is 4.05. The first-order valence-electron chi connectivity index (χ1n) is 5.63. The largest absolute Gasteiger partial charge is 0.293 e. The standard InChI is InChI=1S/C13H13FN2OS/c1-2-16-8-10(7-15-16)13(17)9-18-12-5-3-4-11(14)6-12/h3-8H,2,9H2,1H3. The normalized spacial score (nSPS) is 10.6. The summed E-state index contributed by atoms with van der Waals surface area (Å²) in [6.45, 7) is 2.70. The molecular formula is C13H13FN2OS. The zero-order valence-corrected chi connectivity index (χ0v) is 10.8. The molecule has 0 fully saturated rings. The smallest absolute Gasteiger partial charge is 0.176 e. The second kappa shape index (κ2) is 5.82. The zero-order valence-electron chi connectivity index (χ0n) is 9.97. The number of aryl methyl sites for hydroxylation is 1. The Kier molecular flexibility index (Phi) is 4.15. The summed E-state index contributed by atoms with van der Waals surface area (Å²) in [6, 6.07) is 6.23. The Labute approximate surface area is 109 Å². The highest BCUT2D eigenvalue weighted by Gasteiger charge is 2.09. The Morgan fingerprint density at radius 2 is 2.33 bits per heavy atom. The van der Waals surface area contributed by atoms with E-state index in [1.165, 1.54) is 23.9 Å². The number of benzene rings is 1. The lowest BCUT2D eigenvalue weighted by molar-refractivity contribution is 0.102. The van der Waals surface area contributed by atoms with Gasteiger partial charge < -0.3 is 0 Å². The third kappa shape index (κ3) is 3.20. The quantitative estimate of drug-likeness (QED) is 0.615. The van der Waals surface area contributed by atoms with Gasteiger partial charge in [-0.3, -0.25) is 9.48 Å². The van der Waals surface area contributed by atoms with Gasteiger partial charge in [0.05, 0.1) is 17.5 Å². The van der Waals surface area contributed by atoms with Crippen molar-refractivity contribution in [2.45, 2.75) is 18.4 Å². The van der Waals surface area contributed by atoms with E-state index in [0.29, 0.717) is 11.3 Å². The number of hydrogen-bond donors (Lipinski definition) is 0. The lowest BCUT2D eigenvalue weighted by Crippen LogP contribution is -2.01. The van der Waals surface area contributed by atoms with Gasteiger partial charge in [-0.25, -0.2) is 4.39 Å². The first kappa shape index (κ1) is 12.8. The molecular weight excluding hydrogens is 251 g/mol. The van der Waals surface area contributed by atoms with Crippen LogP contribution in [0.25, 0.3) is 0 Å². The SMILES string of the molecule is CCn1cc(C(=O)CSc2cccc(F)c2)cn1. The first-order chi connectivity index (χ1) is 8.69. The predicted molar refractivity (Wildman–Crippen MR) is 69.4 cm³/mol. The van der Waals surface area contributed by atoms with Gasteiger partial charge in [-0.05, 0) is 25.1 Å². The van der Waals surface area contributed by atoms with E-state index in [-0.39, 0.29) is 11.6 Å². The summed E-state index contributed by atoms with van der Waals surface area (Å²) >= 11 is 1.33. The highest BCUT2D eigenvalue weighted by atomic mass is 32.2. The van der Waals surface area contributed by atoms with E-state index < -0.39 is 0 Å². The van der Waals surface area contributed by atoms with Crippen LogP contribution in [-0.2, 0) is 6.54 Å². The summed E-state index contributed by atoms with van der Waals surface area (Å²) in [5.74, 6) is 0.00833. The summed E-state index contributed by atoms with van der Waals surface area (Å²) in [5.41, 5.74) is 0.598. The number of halogens is 1. The van der Waals surface area contributed by atoms with Gasteiger partial charge in [0.25, 0.3) is 0 Å². The van der Waals surface area contributed by atoms with Crippen molar-refractivity contribution in [3.63, 3.8) is 0 Å². The minimum Gasteiger partial charge on any atom is -0.293 e. The third-order valence-corrected chi connectivity index (χ3v) is 3.44. The number of thioether (sulfide) groups is 1. The van der Waals surface area contributed by atoms with Crippen molar-refractivity contribution in [3.05, 3.63) is 48.0 Å². The monoisotopic (exact) mass is 264 g/mol. The maximum Gasteiger partial charge on any atom is 0.176 e. The van der Waals surface area contributed by atoms with Gasteiger partial charge in [0.1, 0.15) is 5.82 Å². The number of carbonyl (C=O) groups is 1. The lowest BCUT2D eigenvalue weighted by atomic mass is 10.3. The van der Waals surface area contributed by atoms with Crippen LogP contribution in [-0.4, -0.2) is 21.3 Å². The maximum atomic E-state index is 13.0. The molecule has 2 aromatic rings. The molecule has 0 aliphatic heterocycles. The van der Waals surface area contributed by atoms with Gasteiger partial charge in [-0.2, -0.15) is 5.10 Å². The van der Waals surface area contributed by atoms with Crippen LogP contribution < -0.4 is 0 Å². The zero-order chi connectivity index (χ0) is 13.0. The van der Waals surface area contributed by atoms with Crippen molar-refractivity contribution < 1.29 is 9.18 Å². The number of hydrogen-bond acceptors (Lipinski definition) is 3. The molecule has 0 aliphatic rings. The second-order valence-corrected chi connectivity index (χ2v) is 4.80. The number of rotatable bonds is 5. The molecule has 0 radical (unpaired) electrons. The molecule has 0 aliphatic carbocycles. The Balaban J connectivity index is 1.96. The van der Waals surface area contributed by atoms with E-state index >= 15 is 0 Å². The highest BCUT2D eigenvalue weighted by molar-refractivity contribution is 8.00. The van der Waals surface area contributed by atoms with Crippen molar-refractivity contribution in [2.75, 3.05) is 5.75 Å². The fourth-order valence-electron chi connectivity index (χ4n) is 1.47. The highest BCUT2D eigenvalue weighted by Crippen LogP contribution is 2.19. The van der Waals surface area contributed by atoms with Crippen LogP contribution in [0.2, 0.25) is 0 Å². The van der Waals surface area contributed by atoms with Gasteiger partial charge >= 0.3 is 0 Å². The van der Waals surface area contributed by atoms with Crippen molar-refractivity contribution in [3.8, 4) is 0 Å². The fourth-order valence-corrected chi connectivity index (χ4v) is 2.30. The van der Waals surface area contributed by atoms with Crippen LogP contribution in [0.3, 0.4) is 0 Å². The molecule has 94 valence electrons. The first-order valence-corrected chi connectivity index (χ1v) is 6.61. The number of nitrogens with zero attached hydrogens (tertiary/aromatic N) is 2. The van der Waals surface area contributed by atoms with E-state index in [1.54, 1.807) is 29.2 Å². The third-order valence-electron chi connectivity index (χ3n) is 2.45. The van der Waals surface area contributed by atoms with Crippen LogP contribution in [0.4, 0.5) is 4.39 Å². The van der Waals surface area contributed by atoms with E-state index in [9.17, 15) is 9.18 Å². The van der Waals surface area contributed by atoms with Gasteiger partial charge in [0, 0.05) is 17.6 Å². The van der Waals surface area contributed by atoms with Crippen LogP contribution in [0.15, 0.2) is 41.6 Å². The van der Waals surface area contributed by atoms with Gasteiger partial charge in [-0.1, -0.05) is 6.07 Å². The van der Waals surface area contributed by atoms with Crippen molar-refractivity contribution in [1.29, 1.82) is 0 Å². The number of carbonyl (C=O) groups excluding carboxylic acids is 1. The van der Waals surface area contributed by atoms with E-state index in [1.807, 2.05) is 6.92 Å². The molecule has 1 heterocycles. The average Bonchev–Trinajstić information content (AvgIpc) is 2.85. The Morgan fingerprint density at radius 1 is 1.50 bits per heavy atom. The molecule has 18 heavy (non-hydrogen) atoms. The van der Waals surface area contributed by atoms with Crippen LogP contribution in [0.5, 0.6) is 0 Å². The van der Waals surface area contributed by atoms with Crippen LogP contribution >= 0.6 is 11.8 Å². The lowest BCUT2D eigenvalue weighted by Gasteiger charge is -2.00. The molecule has 0 spiro atoms. The van der Waals surface area contributed by atoms with Crippen molar-refractivity contribution in [1.82, 2.24) is 9.78 Å². The predicted octanol–water partition coefficient (Wildman–Crippen LogP) is 3.02. The minimum absolute atomic E-state index is 0.00367. The number of Topliss-reactive ketones (excluding diaryl/α,β-unsaturated/α-hetero) is 1. The molecule has 0 atom stereocenters. The Hall–Kier alpha value is -1.62. The fraction of sp³-hybridized carbons (Fsp3) is 0.231. The number of aromatic nitrogens is 2. The molecule has 0 unspecified atom stereocenters. The second-order valence-electron chi connectivity index (χ2n) is 3.75. The molecule has 5 heteroatoms. The van der Waals surface area contributed by atoms with Crippen molar-refractivity contribution >= 4 is 17.5 Å². The molecule has 1 aromatic heterocycles. The molecule has 0 N–H and O–H groups in total. The Bertz CT molecular complexity index is 553. The maximum absolute atomic E-state index is 13.0. The van der Waals surface area contributed by atoms with E-state index in [0.717, 1.165) is 11.4 Å². The van der Waals surface area contributed by atoms with Crippen LogP contribution in [0, 0.1) is 5.82 Å². The molecule has 3 nitrogen and oxygen atoms in total. The van der Waals surface area contributed by atoms with Crippen molar-refractivity contribution in [2.24, 2.45) is 0 Å². The summed E-state index contributed by atoms with van der Waals surface area (Å²) in [4.78, 5) is 12.6. The summed E-state index contributed by atoms with van der Waals surface area (Å²) in [7, 11) is 0. The molecule has 0 saturated carbocycles. The average molecular weight is 264 g/mol. The van der Waals surface area contributed by atoms with E-state index in [2.05, 4.69) is 5.10 Å². The van der Waals surface area contributed by atoms with Gasteiger partial charge in [0.15, 0.2) is 5.78 Å². The number of ketones is 1. The summed E-state index contributed by atoms with van der Waals surface area (Å²) in [6.07, 6.45) is 3.30. The minimum atomic E-state index is -0.286. The topological polar surface area (TPSA) is 34.9 Å². The molecule has 0 bridgehead atoms. The molecule has 2 rings (SSSR count). The Morgan fingerprint density at radius 3 is 3.00 bits per heavy atom. The molecule has 0 saturated heterocycles. The van der Waals surface area contributed by atoms with Gasteiger partial charge in [-0.15, -0.1) is 11.8 Å². The van der Waals surface area contributed by atoms with Crippen LogP contribution in [0.1, 0.15) is 17.3 Å². The molecule has 0 amide bonds. The summed E-state index contributed by atoms with van der Waals surface area (Å²) < 4.78 is 14.7. The van der Waals surface area contributed by atoms with Gasteiger partial charge in [0.2, 0.25) is 0 Å².